The van der Waals surface area contributed by atoms with Gasteiger partial charge in [0.15, 0.2) is 0 Å². The maximum Gasteiger partial charge on any atom is 0.305 e. The van der Waals surface area contributed by atoms with E-state index in [1.165, 1.54) is 20.1 Å². The van der Waals surface area contributed by atoms with Gasteiger partial charge in [0.1, 0.15) is 0 Å². The summed E-state index contributed by atoms with van der Waals surface area (Å²) in [5.41, 5.74) is 0. The number of likely N-dealkylation sites (tertiary alicyclic amines) is 1. The van der Waals surface area contributed by atoms with Crippen molar-refractivity contribution in [3.8, 4) is 0 Å². The number of likely N-dealkylation sites (N-methyl/N-ethyl adjacent to an activating group) is 1. The van der Waals surface area contributed by atoms with E-state index in [1.54, 1.807) is 0 Å². The van der Waals surface area contributed by atoms with Crippen LogP contribution < -0.4 is 0 Å². The average molecular weight is 258 g/mol. The number of nitrogens with zero attached hydrogens (tertiary/aromatic N) is 2. The molecule has 1 fully saturated rings. The lowest BCUT2D eigenvalue weighted by Crippen LogP contribution is -2.34. The van der Waals surface area contributed by atoms with Crippen LogP contribution >= 0.6 is 0 Å². The summed E-state index contributed by atoms with van der Waals surface area (Å²) in [4.78, 5) is 15.5. The van der Waals surface area contributed by atoms with Gasteiger partial charge in [-0.3, -0.25) is 4.79 Å². The Morgan fingerprint density at radius 2 is 2.33 bits per heavy atom. The molecule has 2 unspecified atom stereocenters. The molecule has 1 rings (SSSR count). The molecule has 0 aromatic carbocycles. The summed E-state index contributed by atoms with van der Waals surface area (Å²) < 4.78 is 4.56. The summed E-state index contributed by atoms with van der Waals surface area (Å²) in [7, 11) is 5.54. The van der Waals surface area contributed by atoms with Gasteiger partial charge in [0.05, 0.1) is 13.2 Å². The van der Waals surface area contributed by atoms with Crippen molar-refractivity contribution in [2.75, 3.05) is 47.4 Å². The molecule has 1 aliphatic rings. The molecular weight excluding hydrogens is 232 g/mol. The maximum atomic E-state index is 11.0. The molecule has 0 aromatic heterocycles. The quantitative estimate of drug-likeness (QED) is 0.660. The normalized spacial score (nSPS) is 22.4. The number of methoxy groups -OCH3 is 1. The molecule has 1 saturated heterocycles. The van der Waals surface area contributed by atoms with Gasteiger partial charge in [-0.15, -0.1) is 0 Å². The molecule has 0 amide bonds. The number of rotatable bonds is 7. The van der Waals surface area contributed by atoms with Crippen molar-refractivity contribution in [2.24, 2.45) is 5.92 Å². The molecule has 18 heavy (non-hydrogen) atoms. The van der Waals surface area contributed by atoms with Crippen LogP contribution in [-0.4, -0.2) is 74.4 Å². The first kappa shape index (κ1) is 15.4. The fourth-order valence-electron chi connectivity index (χ4n) is 2.53. The van der Waals surface area contributed by atoms with Crippen molar-refractivity contribution in [3.05, 3.63) is 0 Å². The van der Waals surface area contributed by atoms with Crippen LogP contribution in [0.25, 0.3) is 0 Å². The van der Waals surface area contributed by atoms with E-state index in [9.17, 15) is 9.90 Å². The van der Waals surface area contributed by atoms with E-state index in [-0.39, 0.29) is 12.4 Å². The Balaban J connectivity index is 2.14. The molecule has 1 heterocycles. The first-order chi connectivity index (χ1) is 8.51. The largest absolute Gasteiger partial charge is 0.469 e. The topological polar surface area (TPSA) is 53.0 Å². The highest BCUT2D eigenvalue weighted by Crippen LogP contribution is 2.15. The molecule has 0 saturated carbocycles. The molecule has 106 valence electrons. The number of hydrogen-bond acceptors (Lipinski definition) is 5. The SMILES string of the molecule is COC(=O)CCC(O)CN(C)CC1CCN(C)C1. The van der Waals surface area contributed by atoms with Gasteiger partial charge in [-0.2, -0.15) is 0 Å². The lowest BCUT2D eigenvalue weighted by atomic mass is 10.1. The van der Waals surface area contributed by atoms with Crippen LogP contribution in [0.5, 0.6) is 0 Å². The highest BCUT2D eigenvalue weighted by atomic mass is 16.5. The number of aliphatic hydroxyl groups is 1. The van der Waals surface area contributed by atoms with Crippen LogP contribution in [-0.2, 0) is 9.53 Å². The number of hydrogen-bond donors (Lipinski definition) is 1. The predicted molar refractivity (Wildman–Crippen MR) is 70.4 cm³/mol. The molecule has 1 aliphatic heterocycles. The van der Waals surface area contributed by atoms with E-state index >= 15 is 0 Å². The van der Waals surface area contributed by atoms with Crippen molar-refractivity contribution in [1.29, 1.82) is 0 Å². The van der Waals surface area contributed by atoms with Crippen molar-refractivity contribution in [1.82, 2.24) is 9.80 Å². The van der Waals surface area contributed by atoms with Crippen LogP contribution in [0.3, 0.4) is 0 Å². The number of carbonyl (C=O) groups excluding carboxylic acids is 1. The van der Waals surface area contributed by atoms with Gasteiger partial charge in [0.2, 0.25) is 0 Å². The van der Waals surface area contributed by atoms with Crippen molar-refractivity contribution >= 4 is 5.97 Å². The lowest BCUT2D eigenvalue weighted by molar-refractivity contribution is -0.141. The highest BCUT2D eigenvalue weighted by molar-refractivity contribution is 5.69. The van der Waals surface area contributed by atoms with Gasteiger partial charge in [-0.25, -0.2) is 0 Å². The molecular formula is C13H26N2O3. The number of carbonyl (C=O) groups is 1. The van der Waals surface area contributed by atoms with E-state index in [4.69, 9.17) is 0 Å². The molecule has 0 radical (unpaired) electrons. The van der Waals surface area contributed by atoms with Gasteiger partial charge < -0.3 is 19.6 Å². The number of ether oxygens (including phenoxy) is 1. The van der Waals surface area contributed by atoms with Crippen LogP contribution in [0.2, 0.25) is 0 Å². The molecule has 1 N–H and O–H groups in total. The summed E-state index contributed by atoms with van der Waals surface area (Å²) in [6.07, 6.45) is 1.55. The second kappa shape index (κ2) is 7.71. The standard InChI is InChI=1S/C13H26N2O3/c1-14-7-6-11(8-14)9-15(2)10-12(16)4-5-13(17)18-3/h11-12,16H,4-10H2,1-3H3. The van der Waals surface area contributed by atoms with Gasteiger partial charge >= 0.3 is 5.97 Å². The van der Waals surface area contributed by atoms with Crippen LogP contribution in [0.15, 0.2) is 0 Å². The van der Waals surface area contributed by atoms with E-state index < -0.39 is 6.10 Å². The summed E-state index contributed by atoms with van der Waals surface area (Å²) in [5.74, 6) is 0.446. The van der Waals surface area contributed by atoms with Gasteiger partial charge in [0.25, 0.3) is 0 Å². The molecule has 0 spiro atoms. The zero-order valence-corrected chi connectivity index (χ0v) is 11.8. The fourth-order valence-corrected chi connectivity index (χ4v) is 2.53. The minimum atomic E-state index is -0.451. The average Bonchev–Trinajstić information content (AvgIpc) is 2.71. The first-order valence-corrected chi connectivity index (χ1v) is 6.63. The Hall–Kier alpha value is -0.650. The molecule has 5 nitrogen and oxygen atoms in total. The molecule has 5 heteroatoms. The monoisotopic (exact) mass is 258 g/mol. The Morgan fingerprint density at radius 3 is 2.89 bits per heavy atom. The molecule has 2 atom stereocenters. The highest BCUT2D eigenvalue weighted by Gasteiger charge is 2.21. The second-order valence-electron chi connectivity index (χ2n) is 5.41. The fraction of sp³-hybridized carbons (Fsp3) is 0.923. The minimum Gasteiger partial charge on any atom is -0.469 e. The molecule has 0 bridgehead atoms. The summed E-state index contributed by atoms with van der Waals surface area (Å²) in [5, 5.41) is 9.83. The summed E-state index contributed by atoms with van der Waals surface area (Å²) in [6, 6.07) is 0. The van der Waals surface area contributed by atoms with Crippen LogP contribution in [0, 0.1) is 5.92 Å². The van der Waals surface area contributed by atoms with E-state index in [0.29, 0.717) is 18.9 Å². The lowest BCUT2D eigenvalue weighted by Gasteiger charge is -2.23. The van der Waals surface area contributed by atoms with E-state index in [0.717, 1.165) is 13.1 Å². The third-order valence-electron chi connectivity index (χ3n) is 3.49. The van der Waals surface area contributed by atoms with Crippen molar-refractivity contribution in [3.63, 3.8) is 0 Å². The minimum absolute atomic E-state index is 0.255. The van der Waals surface area contributed by atoms with E-state index in [1.807, 2.05) is 7.05 Å². The van der Waals surface area contributed by atoms with E-state index in [2.05, 4.69) is 21.6 Å². The number of esters is 1. The Morgan fingerprint density at radius 1 is 1.61 bits per heavy atom. The smallest absolute Gasteiger partial charge is 0.305 e. The molecule has 0 aliphatic carbocycles. The zero-order valence-electron chi connectivity index (χ0n) is 11.8. The Kier molecular flexibility index (Phi) is 6.60. The summed E-state index contributed by atoms with van der Waals surface area (Å²) in [6.45, 7) is 3.95. The molecule has 0 aromatic rings. The van der Waals surface area contributed by atoms with Gasteiger partial charge in [-0.1, -0.05) is 0 Å². The van der Waals surface area contributed by atoms with Gasteiger partial charge in [0, 0.05) is 26.1 Å². The predicted octanol–water partition coefficient (Wildman–Crippen LogP) is 0.184. The van der Waals surface area contributed by atoms with Crippen LogP contribution in [0.1, 0.15) is 19.3 Å². The third-order valence-corrected chi connectivity index (χ3v) is 3.49. The Bertz CT molecular complexity index is 261. The van der Waals surface area contributed by atoms with Crippen molar-refractivity contribution in [2.45, 2.75) is 25.4 Å². The third kappa shape index (κ3) is 5.80. The second-order valence-corrected chi connectivity index (χ2v) is 5.41. The van der Waals surface area contributed by atoms with Crippen molar-refractivity contribution < 1.29 is 14.6 Å². The maximum absolute atomic E-state index is 11.0. The van der Waals surface area contributed by atoms with Gasteiger partial charge in [-0.05, 0) is 39.4 Å². The summed E-state index contributed by atoms with van der Waals surface area (Å²) >= 11 is 0. The number of aliphatic hydroxyl groups excluding tert-OH is 1. The first-order valence-electron chi connectivity index (χ1n) is 6.63. The zero-order chi connectivity index (χ0) is 13.5. The van der Waals surface area contributed by atoms with Crippen LogP contribution in [0.4, 0.5) is 0 Å². The Labute approximate surface area is 110 Å².